The van der Waals surface area contributed by atoms with Crippen LogP contribution in [0, 0.1) is 0 Å². The number of benzene rings is 1. The van der Waals surface area contributed by atoms with Crippen molar-refractivity contribution in [3.63, 3.8) is 0 Å². The second-order valence-corrected chi connectivity index (χ2v) is 5.74. The van der Waals surface area contributed by atoms with Gasteiger partial charge in [0.1, 0.15) is 0 Å². The number of hydrogen-bond donors (Lipinski definition) is 2. The average Bonchev–Trinajstić information content (AvgIpc) is 2.75. The third-order valence-corrected chi connectivity index (χ3v) is 3.81. The van der Waals surface area contributed by atoms with Crippen molar-refractivity contribution in [1.82, 2.24) is 20.4 Å². The second kappa shape index (κ2) is 5.92. The van der Waals surface area contributed by atoms with Gasteiger partial charge in [0.15, 0.2) is 0 Å². The third kappa shape index (κ3) is 3.17. The molecule has 1 atom stereocenters. The number of rotatable bonds is 4. The lowest BCUT2D eigenvalue weighted by molar-refractivity contribution is 0.543. The number of aryl methyl sites for hydroxylation is 1. The van der Waals surface area contributed by atoms with Crippen LogP contribution in [0.25, 0.3) is 0 Å². The van der Waals surface area contributed by atoms with E-state index in [0.717, 1.165) is 20.2 Å². The standard InChI is InChI=1S/C11H13Br2N5/c1-18-6-8(16-17-18)5-11(15-14)9-4-7(12)2-3-10(9)13/h2-4,6,11,15H,5,14H2,1H3. The summed E-state index contributed by atoms with van der Waals surface area (Å²) in [5.74, 6) is 5.64. The van der Waals surface area contributed by atoms with Gasteiger partial charge in [0.25, 0.3) is 0 Å². The molecule has 0 aliphatic carbocycles. The first-order valence-electron chi connectivity index (χ1n) is 5.36. The molecule has 5 nitrogen and oxygen atoms in total. The molecule has 0 saturated heterocycles. The molecule has 2 rings (SSSR count). The number of aromatic nitrogens is 3. The molecule has 0 aliphatic heterocycles. The van der Waals surface area contributed by atoms with Crippen LogP contribution in [0.3, 0.4) is 0 Å². The van der Waals surface area contributed by atoms with Crippen molar-refractivity contribution < 1.29 is 0 Å². The summed E-state index contributed by atoms with van der Waals surface area (Å²) in [7, 11) is 1.84. The molecular weight excluding hydrogens is 362 g/mol. The van der Waals surface area contributed by atoms with E-state index in [1.807, 2.05) is 31.4 Å². The van der Waals surface area contributed by atoms with E-state index in [4.69, 9.17) is 5.84 Å². The molecule has 0 fully saturated rings. The van der Waals surface area contributed by atoms with Gasteiger partial charge in [-0.15, -0.1) is 5.10 Å². The number of hydrazine groups is 1. The molecule has 2 aromatic rings. The van der Waals surface area contributed by atoms with Crippen molar-refractivity contribution in [3.05, 3.63) is 44.6 Å². The Morgan fingerprint density at radius 1 is 1.44 bits per heavy atom. The zero-order chi connectivity index (χ0) is 13.1. The van der Waals surface area contributed by atoms with Gasteiger partial charge >= 0.3 is 0 Å². The highest BCUT2D eigenvalue weighted by Gasteiger charge is 2.15. The van der Waals surface area contributed by atoms with E-state index >= 15 is 0 Å². The zero-order valence-electron chi connectivity index (χ0n) is 9.77. The molecule has 1 aromatic carbocycles. The van der Waals surface area contributed by atoms with Gasteiger partial charge in [-0.25, -0.2) is 0 Å². The van der Waals surface area contributed by atoms with E-state index in [-0.39, 0.29) is 6.04 Å². The van der Waals surface area contributed by atoms with Gasteiger partial charge in [-0.2, -0.15) is 0 Å². The molecule has 1 unspecified atom stereocenters. The lowest BCUT2D eigenvalue weighted by Crippen LogP contribution is -2.30. The summed E-state index contributed by atoms with van der Waals surface area (Å²) < 4.78 is 3.71. The van der Waals surface area contributed by atoms with Crippen LogP contribution in [-0.2, 0) is 13.5 Å². The molecule has 3 N–H and O–H groups in total. The Balaban J connectivity index is 2.25. The maximum atomic E-state index is 5.64. The molecule has 0 aliphatic rings. The smallest absolute Gasteiger partial charge is 0.0846 e. The Hall–Kier alpha value is -0.760. The van der Waals surface area contributed by atoms with Gasteiger partial charge in [0, 0.05) is 28.6 Å². The molecular formula is C11H13Br2N5. The Labute approximate surface area is 122 Å². The summed E-state index contributed by atoms with van der Waals surface area (Å²) in [6, 6.07) is 5.98. The van der Waals surface area contributed by atoms with E-state index in [1.165, 1.54) is 0 Å². The summed E-state index contributed by atoms with van der Waals surface area (Å²) in [6.07, 6.45) is 2.57. The second-order valence-electron chi connectivity index (χ2n) is 3.97. The molecule has 0 saturated carbocycles. The lowest BCUT2D eigenvalue weighted by atomic mass is 10.0. The monoisotopic (exact) mass is 373 g/mol. The highest BCUT2D eigenvalue weighted by atomic mass is 79.9. The molecule has 1 heterocycles. The average molecular weight is 375 g/mol. The van der Waals surface area contributed by atoms with E-state index in [9.17, 15) is 0 Å². The summed E-state index contributed by atoms with van der Waals surface area (Å²) in [5.41, 5.74) is 4.79. The van der Waals surface area contributed by atoms with Gasteiger partial charge in [-0.05, 0) is 23.8 Å². The van der Waals surface area contributed by atoms with Crippen molar-refractivity contribution in [1.29, 1.82) is 0 Å². The van der Waals surface area contributed by atoms with E-state index in [2.05, 4.69) is 47.6 Å². The molecule has 1 aromatic heterocycles. The number of hydrogen-bond acceptors (Lipinski definition) is 4. The number of nitrogens with two attached hydrogens (primary N) is 1. The maximum Gasteiger partial charge on any atom is 0.0846 e. The molecule has 7 heteroatoms. The van der Waals surface area contributed by atoms with Crippen LogP contribution >= 0.6 is 31.9 Å². The van der Waals surface area contributed by atoms with E-state index in [1.54, 1.807) is 4.68 Å². The molecule has 0 spiro atoms. The zero-order valence-corrected chi connectivity index (χ0v) is 12.9. The largest absolute Gasteiger partial charge is 0.271 e. The first kappa shape index (κ1) is 13.7. The normalized spacial score (nSPS) is 12.7. The summed E-state index contributed by atoms with van der Waals surface area (Å²) in [5, 5.41) is 7.99. The van der Waals surface area contributed by atoms with Crippen LogP contribution in [0.4, 0.5) is 0 Å². The van der Waals surface area contributed by atoms with Gasteiger partial charge in [0.2, 0.25) is 0 Å². The Morgan fingerprint density at radius 3 is 2.83 bits per heavy atom. The Bertz CT molecular complexity index is 540. The Kier molecular flexibility index (Phi) is 4.50. The lowest BCUT2D eigenvalue weighted by Gasteiger charge is -2.17. The fraction of sp³-hybridized carbons (Fsp3) is 0.273. The number of nitrogens with zero attached hydrogens (tertiary/aromatic N) is 3. The van der Waals surface area contributed by atoms with Gasteiger partial charge in [0.05, 0.1) is 11.7 Å². The van der Waals surface area contributed by atoms with Crippen LogP contribution in [0.1, 0.15) is 17.3 Å². The van der Waals surface area contributed by atoms with Crippen LogP contribution in [0.5, 0.6) is 0 Å². The molecule has 0 bridgehead atoms. The number of nitrogens with one attached hydrogen (secondary N) is 1. The first-order chi connectivity index (χ1) is 8.60. The Morgan fingerprint density at radius 2 is 2.22 bits per heavy atom. The van der Waals surface area contributed by atoms with Crippen LogP contribution < -0.4 is 11.3 Å². The topological polar surface area (TPSA) is 68.8 Å². The van der Waals surface area contributed by atoms with Crippen molar-refractivity contribution in [2.45, 2.75) is 12.5 Å². The summed E-state index contributed by atoms with van der Waals surface area (Å²) in [6.45, 7) is 0. The van der Waals surface area contributed by atoms with Crippen LogP contribution in [0.15, 0.2) is 33.3 Å². The summed E-state index contributed by atoms with van der Waals surface area (Å²) >= 11 is 6.99. The quantitative estimate of drug-likeness (QED) is 0.635. The van der Waals surface area contributed by atoms with Crippen molar-refractivity contribution in [3.8, 4) is 0 Å². The summed E-state index contributed by atoms with van der Waals surface area (Å²) in [4.78, 5) is 0. The fourth-order valence-electron chi connectivity index (χ4n) is 1.74. The highest BCUT2D eigenvalue weighted by Crippen LogP contribution is 2.28. The third-order valence-electron chi connectivity index (χ3n) is 2.60. The van der Waals surface area contributed by atoms with E-state index in [0.29, 0.717) is 6.42 Å². The highest BCUT2D eigenvalue weighted by molar-refractivity contribution is 9.11. The number of halogens is 2. The predicted molar refractivity (Wildman–Crippen MR) is 76.6 cm³/mol. The molecule has 18 heavy (non-hydrogen) atoms. The molecule has 0 amide bonds. The van der Waals surface area contributed by atoms with Crippen molar-refractivity contribution in [2.75, 3.05) is 0 Å². The first-order valence-corrected chi connectivity index (χ1v) is 6.95. The molecule has 0 radical (unpaired) electrons. The minimum absolute atomic E-state index is 0.0198. The van der Waals surface area contributed by atoms with Gasteiger partial charge in [-0.3, -0.25) is 16.0 Å². The minimum Gasteiger partial charge on any atom is -0.271 e. The molecule has 96 valence electrons. The minimum atomic E-state index is -0.0198. The van der Waals surface area contributed by atoms with Crippen molar-refractivity contribution >= 4 is 31.9 Å². The van der Waals surface area contributed by atoms with Crippen LogP contribution in [-0.4, -0.2) is 15.0 Å². The van der Waals surface area contributed by atoms with Gasteiger partial charge in [-0.1, -0.05) is 37.1 Å². The predicted octanol–water partition coefficient (Wildman–Crippen LogP) is 2.09. The maximum absolute atomic E-state index is 5.64. The van der Waals surface area contributed by atoms with Crippen LogP contribution in [0.2, 0.25) is 0 Å². The van der Waals surface area contributed by atoms with E-state index < -0.39 is 0 Å². The van der Waals surface area contributed by atoms with Crippen molar-refractivity contribution in [2.24, 2.45) is 12.9 Å². The SMILES string of the molecule is Cn1cc(CC(NN)c2cc(Br)ccc2Br)nn1. The van der Waals surface area contributed by atoms with Gasteiger partial charge < -0.3 is 0 Å². The fourth-order valence-corrected chi connectivity index (χ4v) is 2.64.